The van der Waals surface area contributed by atoms with Crippen LogP contribution in [0.2, 0.25) is 0 Å². The average molecular weight is 340 g/mol. The van der Waals surface area contributed by atoms with Gasteiger partial charge < -0.3 is 15.5 Å². The molecule has 0 spiro atoms. The van der Waals surface area contributed by atoms with Crippen LogP contribution in [-0.2, 0) is 4.79 Å². The Morgan fingerprint density at radius 3 is 2.62 bits per heavy atom. The second kappa shape index (κ2) is 10.7. The van der Waals surface area contributed by atoms with Gasteiger partial charge in [0.1, 0.15) is 0 Å². The molecule has 0 radical (unpaired) electrons. The van der Waals surface area contributed by atoms with Crippen molar-refractivity contribution in [1.29, 1.82) is 0 Å². The third kappa shape index (κ3) is 7.18. The number of rotatable bonds is 5. The minimum Gasteiger partial charge on any atom is -0.353 e. The zero-order valence-electron chi connectivity index (χ0n) is 13.3. The maximum Gasteiger partial charge on any atom is 0.220 e. The Morgan fingerprint density at radius 2 is 2.00 bits per heavy atom. The van der Waals surface area contributed by atoms with Crippen molar-refractivity contribution in [3.63, 3.8) is 0 Å². The third-order valence-electron chi connectivity index (χ3n) is 4.68. The van der Waals surface area contributed by atoms with Crippen molar-refractivity contribution < 1.29 is 4.79 Å². The number of carbonyl (C=O) groups excluding carboxylic acids is 1. The SMILES string of the molecule is CN(C)C1CCCC(NC(=O)CCC2CCNC2)C1.Cl.Cl. The molecule has 1 aliphatic carbocycles. The van der Waals surface area contributed by atoms with Crippen LogP contribution in [0.25, 0.3) is 0 Å². The van der Waals surface area contributed by atoms with Gasteiger partial charge >= 0.3 is 0 Å². The molecule has 0 aromatic rings. The van der Waals surface area contributed by atoms with Crippen LogP contribution in [0, 0.1) is 5.92 Å². The van der Waals surface area contributed by atoms with Gasteiger partial charge in [0.05, 0.1) is 0 Å². The number of nitrogens with one attached hydrogen (secondary N) is 2. The molecule has 1 saturated carbocycles. The largest absolute Gasteiger partial charge is 0.353 e. The van der Waals surface area contributed by atoms with Crippen molar-refractivity contribution in [1.82, 2.24) is 15.5 Å². The lowest BCUT2D eigenvalue weighted by molar-refractivity contribution is -0.122. The van der Waals surface area contributed by atoms with E-state index in [9.17, 15) is 4.79 Å². The van der Waals surface area contributed by atoms with Crippen LogP contribution >= 0.6 is 24.8 Å². The zero-order chi connectivity index (χ0) is 13.7. The van der Waals surface area contributed by atoms with Crippen LogP contribution in [0.3, 0.4) is 0 Å². The van der Waals surface area contributed by atoms with Gasteiger partial charge in [-0.3, -0.25) is 4.79 Å². The summed E-state index contributed by atoms with van der Waals surface area (Å²) < 4.78 is 0. The van der Waals surface area contributed by atoms with E-state index in [4.69, 9.17) is 0 Å². The lowest BCUT2D eigenvalue weighted by Crippen LogP contribution is -2.43. The average Bonchev–Trinajstić information content (AvgIpc) is 2.90. The van der Waals surface area contributed by atoms with E-state index in [1.54, 1.807) is 0 Å². The van der Waals surface area contributed by atoms with Crippen LogP contribution in [0.4, 0.5) is 0 Å². The summed E-state index contributed by atoms with van der Waals surface area (Å²) in [6.45, 7) is 2.22. The fraction of sp³-hybridized carbons (Fsp3) is 0.933. The highest BCUT2D eigenvalue weighted by Gasteiger charge is 2.24. The first kappa shape index (κ1) is 21.0. The molecule has 0 aromatic heterocycles. The van der Waals surface area contributed by atoms with Crippen molar-refractivity contribution in [2.24, 2.45) is 5.92 Å². The van der Waals surface area contributed by atoms with Gasteiger partial charge in [-0.05, 0) is 71.6 Å². The molecule has 1 aliphatic heterocycles. The third-order valence-corrected chi connectivity index (χ3v) is 4.68. The molecule has 2 N–H and O–H groups in total. The predicted molar refractivity (Wildman–Crippen MR) is 92.6 cm³/mol. The van der Waals surface area contributed by atoms with E-state index < -0.39 is 0 Å². The fourth-order valence-corrected chi connectivity index (χ4v) is 3.36. The highest BCUT2D eigenvalue weighted by atomic mass is 35.5. The first-order valence-electron chi connectivity index (χ1n) is 7.81. The molecule has 1 heterocycles. The molecule has 4 nitrogen and oxygen atoms in total. The second-order valence-corrected chi connectivity index (χ2v) is 6.45. The van der Waals surface area contributed by atoms with Gasteiger partial charge in [0, 0.05) is 18.5 Å². The van der Waals surface area contributed by atoms with E-state index in [1.807, 2.05) is 0 Å². The molecule has 21 heavy (non-hydrogen) atoms. The molecular formula is C15H31Cl2N3O. The smallest absolute Gasteiger partial charge is 0.220 e. The monoisotopic (exact) mass is 339 g/mol. The molecular weight excluding hydrogens is 309 g/mol. The molecule has 2 fully saturated rings. The summed E-state index contributed by atoms with van der Waals surface area (Å²) in [5.41, 5.74) is 0. The number of amides is 1. The molecule has 2 rings (SSSR count). The summed E-state index contributed by atoms with van der Waals surface area (Å²) in [6, 6.07) is 1.04. The first-order chi connectivity index (χ1) is 9.15. The Balaban J connectivity index is 0.00000200. The van der Waals surface area contributed by atoms with Gasteiger partial charge in [0.2, 0.25) is 5.91 Å². The van der Waals surface area contributed by atoms with Gasteiger partial charge in [0.25, 0.3) is 0 Å². The summed E-state index contributed by atoms with van der Waals surface area (Å²) in [4.78, 5) is 14.3. The molecule has 6 heteroatoms. The van der Waals surface area contributed by atoms with E-state index in [1.165, 1.54) is 19.3 Å². The Labute approximate surface area is 141 Å². The van der Waals surface area contributed by atoms with Crippen molar-refractivity contribution >= 4 is 30.7 Å². The number of hydrogen-bond acceptors (Lipinski definition) is 3. The van der Waals surface area contributed by atoms with Crippen molar-refractivity contribution in [3.05, 3.63) is 0 Å². The first-order valence-corrected chi connectivity index (χ1v) is 7.81. The maximum absolute atomic E-state index is 12.0. The zero-order valence-corrected chi connectivity index (χ0v) is 14.9. The second-order valence-electron chi connectivity index (χ2n) is 6.45. The molecule has 0 aromatic carbocycles. The van der Waals surface area contributed by atoms with Crippen molar-refractivity contribution in [2.75, 3.05) is 27.2 Å². The summed E-state index contributed by atoms with van der Waals surface area (Å²) in [6.07, 6.45) is 7.76. The quantitative estimate of drug-likeness (QED) is 0.807. The molecule has 3 unspecified atom stereocenters. The Hall–Kier alpha value is -0.0300. The van der Waals surface area contributed by atoms with Crippen LogP contribution in [-0.4, -0.2) is 50.1 Å². The van der Waals surface area contributed by atoms with Crippen LogP contribution < -0.4 is 10.6 Å². The van der Waals surface area contributed by atoms with E-state index in [0.717, 1.165) is 32.4 Å². The van der Waals surface area contributed by atoms with Gasteiger partial charge in [-0.25, -0.2) is 0 Å². The Bertz CT molecular complexity index is 297. The van der Waals surface area contributed by atoms with Crippen molar-refractivity contribution in [2.45, 2.75) is 57.0 Å². The summed E-state index contributed by atoms with van der Waals surface area (Å²) in [5, 5.41) is 6.60. The molecule has 1 saturated heterocycles. The van der Waals surface area contributed by atoms with E-state index in [0.29, 0.717) is 24.4 Å². The molecule has 1 amide bonds. The molecule has 0 bridgehead atoms. The Morgan fingerprint density at radius 1 is 1.24 bits per heavy atom. The number of halogens is 2. The molecule has 2 aliphatic rings. The lowest BCUT2D eigenvalue weighted by Gasteiger charge is -2.33. The van der Waals surface area contributed by atoms with Crippen LogP contribution in [0.1, 0.15) is 44.9 Å². The van der Waals surface area contributed by atoms with Gasteiger partial charge in [-0.2, -0.15) is 0 Å². The molecule has 126 valence electrons. The van der Waals surface area contributed by atoms with Gasteiger partial charge in [-0.15, -0.1) is 24.8 Å². The summed E-state index contributed by atoms with van der Waals surface area (Å²) in [7, 11) is 4.28. The van der Waals surface area contributed by atoms with Gasteiger partial charge in [0.15, 0.2) is 0 Å². The topological polar surface area (TPSA) is 44.4 Å². The summed E-state index contributed by atoms with van der Waals surface area (Å²) in [5.74, 6) is 0.975. The minimum atomic E-state index is 0. The highest BCUT2D eigenvalue weighted by Crippen LogP contribution is 2.22. The fourth-order valence-electron chi connectivity index (χ4n) is 3.36. The molecule has 3 atom stereocenters. The Kier molecular flexibility index (Phi) is 10.6. The highest BCUT2D eigenvalue weighted by molar-refractivity contribution is 5.85. The normalized spacial score (nSPS) is 28.6. The van der Waals surface area contributed by atoms with Crippen molar-refractivity contribution in [3.8, 4) is 0 Å². The number of nitrogens with zero attached hydrogens (tertiary/aromatic N) is 1. The number of hydrogen-bond donors (Lipinski definition) is 2. The lowest BCUT2D eigenvalue weighted by atomic mass is 9.90. The van der Waals surface area contributed by atoms with E-state index >= 15 is 0 Å². The van der Waals surface area contributed by atoms with Crippen LogP contribution in [0.15, 0.2) is 0 Å². The number of carbonyl (C=O) groups is 1. The summed E-state index contributed by atoms with van der Waals surface area (Å²) >= 11 is 0. The maximum atomic E-state index is 12.0. The minimum absolute atomic E-state index is 0. The van der Waals surface area contributed by atoms with Gasteiger partial charge in [-0.1, -0.05) is 0 Å². The predicted octanol–water partition coefficient (Wildman–Crippen LogP) is 2.21. The van der Waals surface area contributed by atoms with E-state index in [2.05, 4.69) is 29.6 Å². The van der Waals surface area contributed by atoms with E-state index in [-0.39, 0.29) is 30.7 Å². The van der Waals surface area contributed by atoms with Crippen LogP contribution in [0.5, 0.6) is 0 Å². The standard InChI is InChI=1S/C15H29N3O.2ClH/c1-18(2)14-5-3-4-13(10-14)17-15(19)7-6-12-8-9-16-11-12;;/h12-14,16H,3-11H2,1-2H3,(H,17,19);2*1H.